The van der Waals surface area contributed by atoms with E-state index in [1.54, 1.807) is 12.1 Å². The van der Waals surface area contributed by atoms with Crippen molar-refractivity contribution in [2.24, 2.45) is 11.8 Å². The first-order valence-corrected chi connectivity index (χ1v) is 10.1. The molecule has 30 heavy (non-hydrogen) atoms. The van der Waals surface area contributed by atoms with Crippen LogP contribution in [0.5, 0.6) is 0 Å². The maximum atomic E-state index is 15.0. The Labute approximate surface area is 180 Å². The fourth-order valence-corrected chi connectivity index (χ4v) is 3.38. The van der Waals surface area contributed by atoms with E-state index in [9.17, 15) is 4.39 Å². The third kappa shape index (κ3) is 8.78. The van der Waals surface area contributed by atoms with E-state index in [4.69, 9.17) is 12.8 Å². The minimum Gasteiger partial charge on any atom is -0.309 e. The number of hydrogen-bond acceptors (Lipinski definition) is 2. The fourth-order valence-electron chi connectivity index (χ4n) is 3.38. The third-order valence-corrected chi connectivity index (χ3v) is 4.91. The number of hydrogen-bond donors (Lipinski definition) is 2. The number of rotatable bonds is 10. The molecule has 2 aromatic carbocycles. The number of nitrogens with one attached hydrogen (secondary N) is 2. The average molecular weight is 411 g/mol. The number of terminal acetylenes is 2. The van der Waals surface area contributed by atoms with Gasteiger partial charge in [-0.3, -0.25) is 4.39 Å². The summed E-state index contributed by atoms with van der Waals surface area (Å²) in [6.45, 7) is 2.25. The van der Waals surface area contributed by atoms with Crippen LogP contribution in [0.25, 0.3) is 0 Å². The predicted molar refractivity (Wildman–Crippen MR) is 122 cm³/mol. The Balaban J connectivity index is 0.000000804. The molecule has 0 aromatic heterocycles. The Morgan fingerprint density at radius 3 is 1.97 bits per heavy atom. The second-order valence-corrected chi connectivity index (χ2v) is 7.12. The van der Waals surface area contributed by atoms with E-state index in [1.165, 1.54) is 0 Å². The lowest BCUT2D eigenvalue weighted by atomic mass is 9.81. The summed E-state index contributed by atoms with van der Waals surface area (Å²) in [4.78, 5) is 0. The lowest BCUT2D eigenvalue weighted by Crippen LogP contribution is -2.44. The standard InChI is InChI=1S/C22H25F2N.C4H7N/c1-3-14-25-22(17(2)21(24)19-12-8-5-9-13-19)20(16-23)15-18-10-6-4-7-11-18;1-3-4-5-2/h1,4-13,17,20-22,25H,14-16H2,2H3;1,5H,4H2,2H3. The van der Waals surface area contributed by atoms with Crippen molar-refractivity contribution in [3.63, 3.8) is 0 Å². The summed E-state index contributed by atoms with van der Waals surface area (Å²) in [7, 11) is 1.82. The van der Waals surface area contributed by atoms with E-state index in [0.717, 1.165) is 5.56 Å². The highest BCUT2D eigenvalue weighted by molar-refractivity contribution is 5.19. The third-order valence-electron chi connectivity index (χ3n) is 4.91. The summed E-state index contributed by atoms with van der Waals surface area (Å²) in [6.07, 6.45) is 9.55. The van der Waals surface area contributed by atoms with Gasteiger partial charge in [0.05, 0.1) is 19.8 Å². The molecule has 2 N–H and O–H groups in total. The highest BCUT2D eigenvalue weighted by Gasteiger charge is 2.32. The molecule has 0 saturated carbocycles. The number of halogens is 2. The van der Waals surface area contributed by atoms with Crippen molar-refractivity contribution in [3.8, 4) is 24.7 Å². The summed E-state index contributed by atoms with van der Waals surface area (Å²) in [5, 5.41) is 5.96. The molecule has 0 saturated heterocycles. The van der Waals surface area contributed by atoms with Gasteiger partial charge in [0.25, 0.3) is 0 Å². The molecule has 4 atom stereocenters. The molecule has 0 amide bonds. The monoisotopic (exact) mass is 410 g/mol. The molecule has 0 aliphatic carbocycles. The fraction of sp³-hybridized carbons (Fsp3) is 0.385. The number of benzene rings is 2. The largest absolute Gasteiger partial charge is 0.309 e. The van der Waals surface area contributed by atoms with Gasteiger partial charge < -0.3 is 10.6 Å². The molecule has 4 unspecified atom stereocenters. The molecule has 0 fully saturated rings. The normalized spacial score (nSPS) is 14.2. The zero-order valence-corrected chi connectivity index (χ0v) is 17.8. The van der Waals surface area contributed by atoms with Crippen LogP contribution in [-0.2, 0) is 6.42 Å². The molecule has 0 spiro atoms. The van der Waals surface area contributed by atoms with E-state index in [0.29, 0.717) is 25.1 Å². The lowest BCUT2D eigenvalue weighted by Gasteiger charge is -2.33. The number of alkyl halides is 2. The van der Waals surface area contributed by atoms with Crippen molar-refractivity contribution >= 4 is 0 Å². The van der Waals surface area contributed by atoms with Crippen molar-refractivity contribution in [1.29, 1.82) is 0 Å². The topological polar surface area (TPSA) is 24.1 Å². The molecule has 160 valence electrons. The zero-order chi connectivity index (χ0) is 22.2. The Morgan fingerprint density at radius 1 is 0.933 bits per heavy atom. The van der Waals surface area contributed by atoms with Gasteiger partial charge in [-0.25, -0.2) is 4.39 Å². The van der Waals surface area contributed by atoms with Crippen molar-refractivity contribution in [3.05, 3.63) is 71.8 Å². The SMILES string of the molecule is C#CCNC.C#CCNC(C(CF)Cc1ccccc1)C(C)C(F)c1ccccc1. The lowest BCUT2D eigenvalue weighted by molar-refractivity contribution is 0.146. The minimum atomic E-state index is -1.18. The van der Waals surface area contributed by atoms with Crippen LogP contribution in [0.2, 0.25) is 0 Å². The molecule has 2 aromatic rings. The molecule has 0 radical (unpaired) electrons. The molecule has 0 heterocycles. The van der Waals surface area contributed by atoms with E-state index < -0.39 is 18.8 Å². The van der Waals surface area contributed by atoms with Gasteiger partial charge >= 0.3 is 0 Å². The summed E-state index contributed by atoms with van der Waals surface area (Å²) >= 11 is 0. The Hall–Kier alpha value is -2.66. The predicted octanol–water partition coefficient (Wildman–Crippen LogP) is 4.59. The van der Waals surface area contributed by atoms with Crippen LogP contribution in [0, 0.1) is 36.5 Å². The molecule has 0 aliphatic rings. The van der Waals surface area contributed by atoms with Gasteiger partial charge in [0.1, 0.15) is 6.17 Å². The second-order valence-electron chi connectivity index (χ2n) is 7.12. The summed E-state index contributed by atoms with van der Waals surface area (Å²) < 4.78 is 28.9. The zero-order valence-electron chi connectivity index (χ0n) is 17.8. The summed E-state index contributed by atoms with van der Waals surface area (Å²) in [6, 6.07) is 18.4. The van der Waals surface area contributed by atoms with Gasteiger partial charge in [-0.15, -0.1) is 12.8 Å². The van der Waals surface area contributed by atoms with Gasteiger partial charge in [0.2, 0.25) is 0 Å². The average Bonchev–Trinajstić information content (AvgIpc) is 2.80. The Bertz CT molecular complexity index is 763. The van der Waals surface area contributed by atoms with Crippen LogP contribution in [0.15, 0.2) is 60.7 Å². The van der Waals surface area contributed by atoms with Crippen molar-refractivity contribution < 1.29 is 8.78 Å². The van der Waals surface area contributed by atoms with Crippen molar-refractivity contribution in [2.45, 2.75) is 25.6 Å². The quantitative estimate of drug-likeness (QED) is 0.560. The highest BCUT2D eigenvalue weighted by atomic mass is 19.1. The second kappa shape index (κ2) is 15.2. The first kappa shape index (κ1) is 25.4. The first-order valence-electron chi connectivity index (χ1n) is 10.1. The maximum absolute atomic E-state index is 15.0. The van der Waals surface area contributed by atoms with E-state index in [-0.39, 0.29) is 12.0 Å². The highest BCUT2D eigenvalue weighted by Crippen LogP contribution is 2.32. The molecule has 4 heteroatoms. The Morgan fingerprint density at radius 2 is 1.50 bits per heavy atom. The maximum Gasteiger partial charge on any atom is 0.129 e. The van der Waals surface area contributed by atoms with Crippen LogP contribution < -0.4 is 10.6 Å². The van der Waals surface area contributed by atoms with Gasteiger partial charge in [0, 0.05) is 17.9 Å². The molecule has 2 rings (SSSR count). The van der Waals surface area contributed by atoms with Gasteiger partial charge in [0.15, 0.2) is 0 Å². The molecule has 2 nitrogen and oxygen atoms in total. The van der Waals surface area contributed by atoms with Gasteiger partial charge in [-0.05, 0) is 24.6 Å². The summed E-state index contributed by atoms with van der Waals surface area (Å²) in [5.41, 5.74) is 1.65. The van der Waals surface area contributed by atoms with E-state index >= 15 is 4.39 Å². The van der Waals surface area contributed by atoms with Crippen LogP contribution in [-0.4, -0.2) is 32.9 Å². The summed E-state index contributed by atoms with van der Waals surface area (Å²) in [5.74, 6) is 4.18. The molecule has 0 aliphatic heterocycles. The molecule has 0 bridgehead atoms. The van der Waals surface area contributed by atoms with E-state index in [1.807, 2.05) is 62.5 Å². The first-order chi connectivity index (χ1) is 14.6. The Kier molecular flexibility index (Phi) is 12.9. The molecular weight excluding hydrogens is 378 g/mol. The van der Waals surface area contributed by atoms with Crippen LogP contribution >= 0.6 is 0 Å². The molecular formula is C26H32F2N2. The van der Waals surface area contributed by atoms with Crippen LogP contribution in [0.3, 0.4) is 0 Å². The van der Waals surface area contributed by atoms with Gasteiger partial charge in [-0.2, -0.15) is 0 Å². The smallest absolute Gasteiger partial charge is 0.129 e. The van der Waals surface area contributed by atoms with Gasteiger partial charge in [-0.1, -0.05) is 79.4 Å². The van der Waals surface area contributed by atoms with Crippen LogP contribution in [0.1, 0.15) is 24.2 Å². The van der Waals surface area contributed by atoms with Crippen molar-refractivity contribution in [1.82, 2.24) is 10.6 Å². The van der Waals surface area contributed by atoms with Crippen molar-refractivity contribution in [2.75, 3.05) is 26.8 Å². The minimum absolute atomic E-state index is 0.293. The van der Waals surface area contributed by atoms with E-state index in [2.05, 4.69) is 22.5 Å². The van der Waals surface area contributed by atoms with Crippen LogP contribution in [0.4, 0.5) is 8.78 Å².